The van der Waals surface area contributed by atoms with Crippen molar-refractivity contribution in [3.8, 4) is 5.75 Å². The van der Waals surface area contributed by atoms with Crippen molar-refractivity contribution < 1.29 is 24.2 Å². The van der Waals surface area contributed by atoms with Crippen molar-refractivity contribution in [1.82, 2.24) is 4.90 Å². The smallest absolute Gasteiger partial charge is 0.295 e. The van der Waals surface area contributed by atoms with Crippen LogP contribution in [-0.4, -0.2) is 49.1 Å². The molecule has 0 aromatic heterocycles. The Kier molecular flexibility index (Phi) is 7.02. The summed E-state index contributed by atoms with van der Waals surface area (Å²) in [5, 5.41) is 11.8. The van der Waals surface area contributed by atoms with Crippen LogP contribution in [0.2, 0.25) is 10.0 Å². The first-order chi connectivity index (χ1) is 14.4. The minimum Gasteiger partial charge on any atom is -0.507 e. The van der Waals surface area contributed by atoms with Crippen LogP contribution < -0.4 is 4.74 Å². The third-order valence-corrected chi connectivity index (χ3v) is 5.48. The number of aliphatic hydroxyl groups excluding tert-OH is 1. The molecule has 0 saturated carbocycles. The maximum absolute atomic E-state index is 12.9. The fourth-order valence-corrected chi connectivity index (χ4v) is 3.77. The fraction of sp³-hybridized carbons (Fsp3) is 0.273. The summed E-state index contributed by atoms with van der Waals surface area (Å²) in [5.41, 5.74) is 0.830. The zero-order valence-corrected chi connectivity index (χ0v) is 18.0. The van der Waals surface area contributed by atoms with Gasteiger partial charge in [0.25, 0.3) is 11.7 Å². The van der Waals surface area contributed by atoms with Gasteiger partial charge in [-0.2, -0.15) is 0 Å². The van der Waals surface area contributed by atoms with E-state index in [9.17, 15) is 14.7 Å². The molecule has 1 heterocycles. The number of benzene rings is 2. The quantitative estimate of drug-likeness (QED) is 0.292. The maximum Gasteiger partial charge on any atom is 0.295 e. The van der Waals surface area contributed by atoms with Crippen LogP contribution in [0.25, 0.3) is 5.76 Å². The first-order valence-electron chi connectivity index (χ1n) is 9.25. The largest absolute Gasteiger partial charge is 0.507 e. The summed E-state index contributed by atoms with van der Waals surface area (Å²) in [6.07, 6.45) is 0.535. The van der Waals surface area contributed by atoms with Crippen molar-refractivity contribution in [3.05, 3.63) is 69.2 Å². The summed E-state index contributed by atoms with van der Waals surface area (Å²) in [7, 11) is 3.05. The van der Waals surface area contributed by atoms with Crippen LogP contribution in [0.15, 0.2) is 48.0 Å². The minimum absolute atomic E-state index is 0.0325. The minimum atomic E-state index is -0.776. The second-order valence-corrected chi connectivity index (χ2v) is 7.58. The van der Waals surface area contributed by atoms with Crippen molar-refractivity contribution in [1.29, 1.82) is 0 Å². The SMILES string of the molecule is COCCCN1C(=O)C(=O)/C(=C(/O)c2cc(OC)ccc2Cl)C1c1ccc(Cl)cc1. The van der Waals surface area contributed by atoms with Crippen molar-refractivity contribution >= 4 is 40.7 Å². The lowest BCUT2D eigenvalue weighted by molar-refractivity contribution is -0.140. The number of carbonyl (C=O) groups is 2. The predicted octanol–water partition coefficient (Wildman–Crippen LogP) is 4.46. The van der Waals surface area contributed by atoms with E-state index in [1.165, 1.54) is 18.1 Å². The lowest BCUT2D eigenvalue weighted by Gasteiger charge is -2.25. The summed E-state index contributed by atoms with van der Waals surface area (Å²) < 4.78 is 10.3. The van der Waals surface area contributed by atoms with E-state index in [1.54, 1.807) is 43.5 Å². The zero-order valence-electron chi connectivity index (χ0n) is 16.5. The summed E-state index contributed by atoms with van der Waals surface area (Å²) in [6.45, 7) is 0.715. The van der Waals surface area contributed by atoms with Gasteiger partial charge in [-0.25, -0.2) is 0 Å². The maximum atomic E-state index is 12.9. The van der Waals surface area contributed by atoms with Crippen LogP contribution in [0.4, 0.5) is 0 Å². The molecular formula is C22H21Cl2NO5. The lowest BCUT2D eigenvalue weighted by atomic mass is 9.95. The van der Waals surface area contributed by atoms with E-state index in [2.05, 4.69) is 0 Å². The third-order valence-electron chi connectivity index (χ3n) is 4.90. The third kappa shape index (κ3) is 4.31. The molecule has 0 radical (unpaired) electrons. The Morgan fingerprint density at radius 3 is 2.43 bits per heavy atom. The standard InChI is InChI=1S/C22H21Cl2NO5/c1-29-11-3-10-25-19(13-4-6-14(23)7-5-13)18(21(27)22(25)28)20(26)16-12-15(30-2)8-9-17(16)24/h4-9,12,19,26H,3,10-11H2,1-2H3/b20-18+. The first kappa shape index (κ1) is 22.2. The molecule has 1 unspecified atom stereocenters. The number of amides is 1. The molecular weight excluding hydrogens is 429 g/mol. The molecule has 6 nitrogen and oxygen atoms in total. The number of Topliss-reactive ketones (excluding diaryl/α,β-unsaturated/α-hetero) is 1. The number of halogens is 2. The number of rotatable bonds is 7. The van der Waals surface area contributed by atoms with Crippen LogP contribution in [-0.2, 0) is 14.3 Å². The molecule has 3 rings (SSSR count). The molecule has 1 N–H and O–H groups in total. The Bertz CT molecular complexity index is 988. The Morgan fingerprint density at radius 2 is 1.80 bits per heavy atom. The first-order valence-corrected chi connectivity index (χ1v) is 10.0. The summed E-state index contributed by atoms with van der Waals surface area (Å²) in [5.74, 6) is -1.36. The molecule has 1 aliphatic rings. The van der Waals surface area contributed by atoms with E-state index < -0.39 is 17.7 Å². The molecule has 1 aliphatic heterocycles. The summed E-state index contributed by atoms with van der Waals surface area (Å²) in [4.78, 5) is 27.2. The Hall–Kier alpha value is -2.54. The van der Waals surface area contributed by atoms with E-state index in [4.69, 9.17) is 32.7 Å². The Labute approximate surface area is 184 Å². The summed E-state index contributed by atoms with van der Waals surface area (Å²) >= 11 is 12.3. The van der Waals surface area contributed by atoms with E-state index in [0.29, 0.717) is 29.4 Å². The van der Waals surface area contributed by atoms with Crippen LogP contribution in [0.1, 0.15) is 23.6 Å². The fourth-order valence-electron chi connectivity index (χ4n) is 3.44. The van der Waals surface area contributed by atoms with Crippen molar-refractivity contribution in [2.45, 2.75) is 12.5 Å². The molecule has 1 atom stereocenters. The second-order valence-electron chi connectivity index (χ2n) is 6.74. The number of aliphatic hydroxyl groups is 1. The van der Waals surface area contributed by atoms with Crippen LogP contribution >= 0.6 is 23.2 Å². The van der Waals surface area contributed by atoms with Gasteiger partial charge < -0.3 is 19.5 Å². The van der Waals surface area contributed by atoms with E-state index in [1.807, 2.05) is 0 Å². The monoisotopic (exact) mass is 449 g/mol. The highest BCUT2D eigenvalue weighted by Crippen LogP contribution is 2.41. The van der Waals surface area contributed by atoms with Crippen LogP contribution in [0, 0.1) is 0 Å². The average Bonchev–Trinajstić information content (AvgIpc) is 2.99. The molecule has 8 heteroatoms. The van der Waals surface area contributed by atoms with Crippen molar-refractivity contribution in [2.75, 3.05) is 27.4 Å². The number of hydrogen-bond acceptors (Lipinski definition) is 5. The zero-order chi connectivity index (χ0) is 21.8. The number of likely N-dealkylation sites (tertiary alicyclic amines) is 1. The van der Waals surface area contributed by atoms with Crippen LogP contribution in [0.5, 0.6) is 5.75 Å². The number of hydrogen-bond donors (Lipinski definition) is 1. The van der Waals surface area contributed by atoms with Gasteiger partial charge in [-0.05, 0) is 42.3 Å². The van der Waals surface area contributed by atoms with Gasteiger partial charge in [0.15, 0.2) is 0 Å². The van der Waals surface area contributed by atoms with Gasteiger partial charge in [0.2, 0.25) is 0 Å². The second kappa shape index (κ2) is 9.51. The normalized spacial score (nSPS) is 18.1. The van der Waals surface area contributed by atoms with E-state index in [0.717, 1.165) is 0 Å². The topological polar surface area (TPSA) is 76.1 Å². The molecule has 1 amide bonds. The summed E-state index contributed by atoms with van der Waals surface area (Å²) in [6, 6.07) is 10.7. The molecule has 2 aromatic rings. The van der Waals surface area contributed by atoms with Gasteiger partial charge >= 0.3 is 0 Å². The van der Waals surface area contributed by atoms with Crippen molar-refractivity contribution in [3.63, 3.8) is 0 Å². The molecule has 1 saturated heterocycles. The molecule has 0 aliphatic carbocycles. The van der Waals surface area contributed by atoms with Gasteiger partial charge in [-0.15, -0.1) is 0 Å². The van der Waals surface area contributed by atoms with Gasteiger partial charge in [0, 0.05) is 30.8 Å². The highest BCUT2D eigenvalue weighted by Gasteiger charge is 2.46. The highest BCUT2D eigenvalue weighted by molar-refractivity contribution is 6.47. The Morgan fingerprint density at radius 1 is 1.10 bits per heavy atom. The average molecular weight is 450 g/mol. The van der Waals surface area contributed by atoms with E-state index in [-0.39, 0.29) is 28.5 Å². The molecule has 0 bridgehead atoms. The molecule has 30 heavy (non-hydrogen) atoms. The van der Waals surface area contributed by atoms with E-state index >= 15 is 0 Å². The van der Waals surface area contributed by atoms with Crippen LogP contribution in [0.3, 0.4) is 0 Å². The predicted molar refractivity (Wildman–Crippen MR) is 115 cm³/mol. The number of ketones is 1. The molecule has 2 aromatic carbocycles. The van der Waals surface area contributed by atoms with Gasteiger partial charge in [0.1, 0.15) is 11.5 Å². The molecule has 0 spiro atoms. The Balaban J connectivity index is 2.16. The molecule has 1 fully saturated rings. The molecule has 158 valence electrons. The number of carbonyl (C=O) groups excluding carboxylic acids is 2. The van der Waals surface area contributed by atoms with Crippen molar-refractivity contribution in [2.24, 2.45) is 0 Å². The number of nitrogens with zero attached hydrogens (tertiary/aromatic N) is 1. The van der Waals surface area contributed by atoms with Gasteiger partial charge in [-0.1, -0.05) is 35.3 Å². The number of ether oxygens (including phenoxy) is 2. The van der Waals surface area contributed by atoms with Gasteiger partial charge in [0.05, 0.1) is 23.7 Å². The highest BCUT2D eigenvalue weighted by atomic mass is 35.5. The van der Waals surface area contributed by atoms with Gasteiger partial charge in [-0.3, -0.25) is 9.59 Å². The number of methoxy groups -OCH3 is 2. The lowest BCUT2D eigenvalue weighted by Crippen LogP contribution is -2.31.